The van der Waals surface area contributed by atoms with E-state index in [2.05, 4.69) is 25.5 Å². The number of halogens is 6. The van der Waals surface area contributed by atoms with Gasteiger partial charge in [0.1, 0.15) is 5.82 Å². The molecule has 15 heteroatoms. The van der Waals surface area contributed by atoms with Crippen LogP contribution >= 0.6 is 0 Å². The lowest BCUT2D eigenvalue weighted by Gasteiger charge is -2.24. The molecule has 38 heavy (non-hydrogen) atoms. The average molecular weight is 537 g/mol. The largest absolute Gasteiger partial charge is 0.417 e. The number of nitrogens with one attached hydrogen (secondary N) is 2. The van der Waals surface area contributed by atoms with Gasteiger partial charge in [-0.25, -0.2) is 4.98 Å². The van der Waals surface area contributed by atoms with Crippen molar-refractivity contribution in [3.8, 4) is 0 Å². The monoisotopic (exact) mass is 537 g/mol. The number of anilines is 2. The highest BCUT2D eigenvalue weighted by Crippen LogP contribution is 2.33. The smallest absolute Gasteiger partial charge is 0.383 e. The van der Waals surface area contributed by atoms with Gasteiger partial charge in [0.2, 0.25) is 0 Å². The van der Waals surface area contributed by atoms with Gasteiger partial charge in [-0.05, 0) is 23.8 Å². The molecule has 198 valence electrons. The lowest BCUT2D eigenvalue weighted by Crippen LogP contribution is -2.39. The van der Waals surface area contributed by atoms with Gasteiger partial charge in [-0.2, -0.15) is 31.4 Å². The number of hydrogen-bond donors (Lipinski definition) is 3. The zero-order valence-corrected chi connectivity index (χ0v) is 19.1. The number of fused-ring (bicyclic) bond motifs is 1. The highest BCUT2D eigenvalue weighted by molar-refractivity contribution is 6.40. The molecule has 0 aliphatic rings. The third-order valence-electron chi connectivity index (χ3n) is 5.44. The first-order chi connectivity index (χ1) is 17.8. The third-order valence-corrected chi connectivity index (χ3v) is 5.44. The van der Waals surface area contributed by atoms with Crippen molar-refractivity contribution in [2.24, 2.45) is 0 Å². The van der Waals surface area contributed by atoms with E-state index in [1.807, 2.05) is 0 Å². The molecule has 0 unspecified atom stereocenters. The van der Waals surface area contributed by atoms with Crippen LogP contribution in [0.4, 0.5) is 37.8 Å². The maximum absolute atomic E-state index is 13.6. The minimum Gasteiger partial charge on any atom is -0.383 e. The summed E-state index contributed by atoms with van der Waals surface area (Å²) in [5.41, 5.74) is 3.49. The molecule has 0 radical (unpaired) electrons. The number of aromatic amines is 1. The predicted octanol–water partition coefficient (Wildman–Crippen LogP) is 4.14. The zero-order valence-electron chi connectivity index (χ0n) is 19.1. The zero-order chi connectivity index (χ0) is 27.7. The number of carbonyl (C=O) groups excluding carboxylic acids is 2. The number of carbonyl (C=O) groups is 2. The highest BCUT2D eigenvalue weighted by Gasteiger charge is 2.35. The summed E-state index contributed by atoms with van der Waals surface area (Å²) in [6.45, 7) is -1.25. The molecule has 0 spiro atoms. The Kier molecular flexibility index (Phi) is 6.93. The van der Waals surface area contributed by atoms with E-state index in [0.717, 1.165) is 35.4 Å². The van der Waals surface area contributed by atoms with Crippen molar-refractivity contribution in [3.05, 3.63) is 77.4 Å². The number of nitrogens with two attached hydrogens (primary N) is 1. The fraction of sp³-hybridized carbons (Fsp3) is 0.174. The summed E-state index contributed by atoms with van der Waals surface area (Å²) in [5, 5.41) is 9.04. The molecular formula is C23H17F6N7O2. The summed E-state index contributed by atoms with van der Waals surface area (Å²) in [6, 6.07) is 6.09. The van der Waals surface area contributed by atoms with E-state index in [1.165, 1.54) is 12.3 Å². The maximum Gasteiger partial charge on any atom is 0.417 e. The summed E-state index contributed by atoms with van der Waals surface area (Å²) < 4.78 is 79.3. The number of rotatable bonds is 5. The van der Waals surface area contributed by atoms with E-state index in [4.69, 9.17) is 5.73 Å². The van der Waals surface area contributed by atoms with E-state index in [0.29, 0.717) is 17.6 Å². The van der Waals surface area contributed by atoms with Crippen LogP contribution in [-0.4, -0.2) is 36.9 Å². The Hall–Kier alpha value is -4.69. The molecule has 0 saturated heterocycles. The molecule has 0 atom stereocenters. The van der Waals surface area contributed by atoms with Crippen LogP contribution in [0, 0.1) is 0 Å². The number of nitrogen functional groups attached to an aromatic ring is 1. The summed E-state index contributed by atoms with van der Waals surface area (Å²) in [5.74, 6) is -2.42. The fourth-order valence-electron chi connectivity index (χ4n) is 3.59. The van der Waals surface area contributed by atoms with E-state index in [-0.39, 0.29) is 28.3 Å². The SMILES string of the molecule is Nc1ncc(NC(=O)C(=O)N(Cc2ccc(C(F)(F)F)cn2)Cc2ccccc2C(F)(F)F)c2[nH]ncc12. The molecule has 0 aliphatic carbocycles. The van der Waals surface area contributed by atoms with Gasteiger partial charge in [0.25, 0.3) is 0 Å². The molecule has 0 saturated carbocycles. The highest BCUT2D eigenvalue weighted by atomic mass is 19.4. The van der Waals surface area contributed by atoms with E-state index in [9.17, 15) is 35.9 Å². The Labute approximate surface area is 209 Å². The van der Waals surface area contributed by atoms with Gasteiger partial charge in [0.15, 0.2) is 0 Å². The number of pyridine rings is 2. The molecule has 0 aliphatic heterocycles. The third kappa shape index (κ3) is 5.66. The van der Waals surface area contributed by atoms with E-state index in [1.54, 1.807) is 0 Å². The molecule has 2 amide bonds. The topological polar surface area (TPSA) is 130 Å². The number of nitrogens with zero attached hydrogens (tertiary/aromatic N) is 4. The standard InChI is InChI=1S/C23H17F6N7O2/c24-22(25,26)13-5-6-14(31-7-13)11-36(10-12-3-1-2-4-16(12)23(27,28)29)21(38)20(37)34-17-9-32-19(30)15-8-33-35-18(15)17/h1-9H,10-11H2,(H2,30,32)(H,33,35)(H,34,37). The number of H-pyrrole nitrogens is 1. The van der Waals surface area contributed by atoms with E-state index < -0.39 is 48.4 Å². The van der Waals surface area contributed by atoms with Crippen LogP contribution in [0.2, 0.25) is 0 Å². The van der Waals surface area contributed by atoms with Gasteiger partial charge >= 0.3 is 24.2 Å². The van der Waals surface area contributed by atoms with Gasteiger partial charge in [-0.1, -0.05) is 18.2 Å². The molecule has 1 aromatic carbocycles. The summed E-state index contributed by atoms with van der Waals surface area (Å²) >= 11 is 0. The van der Waals surface area contributed by atoms with Crippen molar-refractivity contribution in [2.75, 3.05) is 11.1 Å². The lowest BCUT2D eigenvalue weighted by molar-refractivity contribution is -0.145. The van der Waals surface area contributed by atoms with Crippen LogP contribution in [0.25, 0.3) is 10.9 Å². The van der Waals surface area contributed by atoms with Gasteiger partial charge in [-0.15, -0.1) is 0 Å². The first-order valence-corrected chi connectivity index (χ1v) is 10.7. The summed E-state index contributed by atoms with van der Waals surface area (Å²) in [6.07, 6.45) is -6.41. The lowest BCUT2D eigenvalue weighted by atomic mass is 10.1. The Morgan fingerprint density at radius 3 is 2.32 bits per heavy atom. The quantitative estimate of drug-likeness (QED) is 0.259. The number of amides is 2. The molecule has 9 nitrogen and oxygen atoms in total. The molecule has 3 aromatic heterocycles. The van der Waals surface area contributed by atoms with Crippen molar-refractivity contribution >= 4 is 34.2 Å². The number of alkyl halides is 6. The molecule has 3 heterocycles. The van der Waals surface area contributed by atoms with Crippen LogP contribution in [0.3, 0.4) is 0 Å². The number of hydrogen-bond acceptors (Lipinski definition) is 6. The predicted molar refractivity (Wildman–Crippen MR) is 122 cm³/mol. The van der Waals surface area contributed by atoms with Crippen LogP contribution in [0.1, 0.15) is 22.4 Å². The minimum atomic E-state index is -4.76. The Morgan fingerprint density at radius 2 is 1.66 bits per heavy atom. The van der Waals surface area contributed by atoms with Crippen molar-refractivity contribution in [2.45, 2.75) is 25.4 Å². The molecule has 4 aromatic rings. The van der Waals surface area contributed by atoms with Crippen molar-refractivity contribution < 1.29 is 35.9 Å². The van der Waals surface area contributed by atoms with Crippen molar-refractivity contribution in [1.29, 1.82) is 0 Å². The normalized spacial score (nSPS) is 11.9. The second-order valence-corrected chi connectivity index (χ2v) is 8.02. The Balaban J connectivity index is 1.65. The van der Waals surface area contributed by atoms with Crippen molar-refractivity contribution in [3.63, 3.8) is 0 Å². The van der Waals surface area contributed by atoms with Crippen LogP contribution in [-0.2, 0) is 35.0 Å². The Morgan fingerprint density at radius 1 is 0.921 bits per heavy atom. The molecular weight excluding hydrogens is 520 g/mol. The van der Waals surface area contributed by atoms with Gasteiger partial charge in [0.05, 0.1) is 52.3 Å². The molecule has 0 bridgehead atoms. The van der Waals surface area contributed by atoms with Crippen LogP contribution in [0.15, 0.2) is 55.0 Å². The van der Waals surface area contributed by atoms with E-state index >= 15 is 0 Å². The number of aromatic nitrogens is 4. The van der Waals surface area contributed by atoms with Crippen LogP contribution < -0.4 is 11.1 Å². The van der Waals surface area contributed by atoms with Gasteiger partial charge < -0.3 is 16.0 Å². The first-order valence-electron chi connectivity index (χ1n) is 10.7. The van der Waals surface area contributed by atoms with Gasteiger partial charge in [-0.3, -0.25) is 19.7 Å². The van der Waals surface area contributed by atoms with Crippen LogP contribution in [0.5, 0.6) is 0 Å². The molecule has 4 N–H and O–H groups in total. The second-order valence-electron chi connectivity index (χ2n) is 8.02. The summed E-state index contributed by atoms with van der Waals surface area (Å²) in [4.78, 5) is 34.3. The average Bonchev–Trinajstić information content (AvgIpc) is 3.36. The number of benzene rings is 1. The Bertz CT molecular complexity index is 1480. The minimum absolute atomic E-state index is 0.0216. The molecule has 4 rings (SSSR count). The van der Waals surface area contributed by atoms with Gasteiger partial charge in [0, 0.05) is 12.7 Å². The fourth-order valence-corrected chi connectivity index (χ4v) is 3.59. The first kappa shape index (κ1) is 26.4. The summed E-state index contributed by atoms with van der Waals surface area (Å²) in [7, 11) is 0. The van der Waals surface area contributed by atoms with Crippen molar-refractivity contribution in [1.82, 2.24) is 25.1 Å². The second kappa shape index (κ2) is 9.99. The molecule has 0 fully saturated rings. The maximum atomic E-state index is 13.6.